The van der Waals surface area contributed by atoms with Gasteiger partial charge in [0.15, 0.2) is 0 Å². The van der Waals surface area contributed by atoms with Crippen LogP contribution >= 0.6 is 17.0 Å². The molecule has 5 aromatic rings. The Balaban J connectivity index is 1.46. The zero-order valence-electron chi connectivity index (χ0n) is 34.8. The summed E-state index contributed by atoms with van der Waals surface area (Å²) >= 11 is -5.07. The molecule has 0 saturated carbocycles. The van der Waals surface area contributed by atoms with Gasteiger partial charge in [0, 0.05) is 0 Å². The Labute approximate surface area is 340 Å². The van der Waals surface area contributed by atoms with Crippen LogP contribution in [0.5, 0.6) is 0 Å². The number of hydrogen-bond acceptors (Lipinski definition) is 0. The summed E-state index contributed by atoms with van der Waals surface area (Å²) in [5.74, 6) is -1.45. The second-order valence-corrected chi connectivity index (χ2v) is 61.7. The van der Waals surface area contributed by atoms with E-state index in [9.17, 15) is 0 Å². The van der Waals surface area contributed by atoms with Gasteiger partial charge in [0.25, 0.3) is 0 Å². The van der Waals surface area contributed by atoms with Crippen molar-refractivity contribution in [3.63, 3.8) is 0 Å². The molecule has 0 radical (unpaired) electrons. The van der Waals surface area contributed by atoms with E-state index < -0.39 is 21.5 Å². The molecular weight excluding hydrogens is 803 g/mol. The molecule has 5 aromatic carbocycles. The Morgan fingerprint density at radius 1 is 0.618 bits per heavy atom. The standard InChI is InChI=1S/C27H27.C22H25.C2H7Si.2ClH.Zr/c1-19-10-15-24(22-11-13-23(14-12-22)27(2,3)4)26-18-21(17-25(19)26)16-20-8-6-5-7-9-20;1-15(2)18-13-17-7-6-8-20(21(17)14-18)16-9-11-19(12-10-16)22(3,4)5;1-3-2;;;/h5-15,17-18H,16H2,1-4H3;6-15H,1-5H3;3H,1-2H3;2*1H;/q;;;;;+2/p-2. The number of halogens is 2. The first-order valence-corrected chi connectivity index (χ1v) is 36.6. The predicted octanol–water partition coefficient (Wildman–Crippen LogP) is 15.4. The van der Waals surface area contributed by atoms with E-state index in [-0.39, 0.29) is 18.1 Å². The second-order valence-electron chi connectivity index (χ2n) is 19.1. The second kappa shape index (κ2) is 14.6. The maximum absolute atomic E-state index is 8.96. The van der Waals surface area contributed by atoms with Crippen LogP contribution in [0.15, 0.2) is 120 Å². The van der Waals surface area contributed by atoms with Crippen LogP contribution < -0.4 is 0 Å². The first-order chi connectivity index (χ1) is 25.8. The van der Waals surface area contributed by atoms with Crippen LogP contribution in [-0.2, 0) is 32.8 Å². The van der Waals surface area contributed by atoms with E-state index in [2.05, 4.69) is 197 Å². The molecule has 0 N–H and O–H groups in total. The molecule has 2 atom stereocenters. The number of rotatable bonds is 8. The monoisotopic (exact) mass is 859 g/mol. The number of allylic oxidation sites excluding steroid dienone is 2. The van der Waals surface area contributed by atoms with Gasteiger partial charge in [-0.3, -0.25) is 0 Å². The average Bonchev–Trinajstić information content (AvgIpc) is 3.73. The summed E-state index contributed by atoms with van der Waals surface area (Å²) in [5, 5.41) is 0. The van der Waals surface area contributed by atoms with Gasteiger partial charge in [-0.25, -0.2) is 0 Å². The number of hydrogen-bond donors (Lipinski definition) is 0. The molecule has 0 bridgehead atoms. The van der Waals surface area contributed by atoms with E-state index in [0.29, 0.717) is 5.92 Å². The van der Waals surface area contributed by atoms with Gasteiger partial charge in [0.2, 0.25) is 0 Å². The molecule has 55 heavy (non-hydrogen) atoms. The van der Waals surface area contributed by atoms with Crippen LogP contribution in [0.2, 0.25) is 13.1 Å². The molecule has 0 heterocycles. The van der Waals surface area contributed by atoms with Gasteiger partial charge < -0.3 is 0 Å². The van der Waals surface area contributed by atoms with Crippen molar-refractivity contribution >= 4 is 35.1 Å². The van der Waals surface area contributed by atoms with E-state index in [1.165, 1.54) is 77.9 Å². The van der Waals surface area contributed by atoms with Gasteiger partial charge in [-0.15, -0.1) is 0 Å². The van der Waals surface area contributed by atoms with Crippen molar-refractivity contribution in [1.29, 1.82) is 0 Å². The SMILES string of the molecule is Cc1ccc(-c2ccc(C(C)(C)C)cc2)c2c1[CH]([Zr]([Cl])([Cl])([CH]1C(C(C)C)=Cc3c(-c4ccc(C(C)(C)C)cc4)cccc31)[SiH](C)C)C(Cc1ccccc1)=C2. The van der Waals surface area contributed by atoms with Gasteiger partial charge in [-0.2, -0.15) is 0 Å². The first kappa shape index (κ1) is 40.5. The summed E-state index contributed by atoms with van der Waals surface area (Å²) in [4.78, 5) is 0. The Kier molecular flexibility index (Phi) is 10.7. The third kappa shape index (κ3) is 7.11. The summed E-state index contributed by atoms with van der Waals surface area (Å²) in [6.45, 7) is 25.6. The van der Waals surface area contributed by atoms with Crippen LogP contribution in [0.4, 0.5) is 0 Å². The molecule has 0 spiro atoms. The molecule has 4 heteroatoms. The number of fused-ring (bicyclic) bond motifs is 2. The Hall–Kier alpha value is -2.74. The molecule has 2 aliphatic rings. The minimum absolute atomic E-state index is 0.00766. The van der Waals surface area contributed by atoms with Crippen LogP contribution in [0, 0.1) is 12.8 Å². The molecule has 2 unspecified atom stereocenters. The fourth-order valence-corrected chi connectivity index (χ4v) is 41.0. The normalized spacial score (nSPS) is 17.8. The quantitative estimate of drug-likeness (QED) is 0.136. The topological polar surface area (TPSA) is 0 Å². The van der Waals surface area contributed by atoms with Crippen LogP contribution in [0.1, 0.15) is 107 Å². The van der Waals surface area contributed by atoms with E-state index in [0.717, 1.165) is 6.42 Å². The van der Waals surface area contributed by atoms with Crippen LogP contribution in [-0.4, -0.2) is 5.92 Å². The van der Waals surface area contributed by atoms with E-state index in [1.807, 2.05) is 0 Å². The molecule has 0 saturated heterocycles. The van der Waals surface area contributed by atoms with Crippen molar-refractivity contribution < 1.29 is 15.6 Å². The number of aryl methyl sites for hydroxylation is 1. The van der Waals surface area contributed by atoms with Gasteiger partial charge in [0.1, 0.15) is 0 Å². The van der Waals surface area contributed by atoms with Crippen molar-refractivity contribution in [2.75, 3.05) is 0 Å². The minimum atomic E-state index is -5.07. The molecule has 0 amide bonds. The van der Waals surface area contributed by atoms with Crippen molar-refractivity contribution in [3.05, 3.63) is 165 Å². The van der Waals surface area contributed by atoms with Crippen LogP contribution in [0.3, 0.4) is 0 Å². The van der Waals surface area contributed by atoms with E-state index >= 15 is 0 Å². The predicted molar refractivity (Wildman–Crippen MR) is 243 cm³/mol. The molecular formula is C51H59Cl2SiZr. The Morgan fingerprint density at radius 3 is 1.67 bits per heavy atom. The number of benzene rings is 5. The molecule has 285 valence electrons. The Morgan fingerprint density at radius 2 is 1.16 bits per heavy atom. The van der Waals surface area contributed by atoms with Crippen molar-refractivity contribution in [1.82, 2.24) is 0 Å². The van der Waals surface area contributed by atoms with Gasteiger partial charge in [0.05, 0.1) is 0 Å². The third-order valence-corrected chi connectivity index (χ3v) is 64.5. The van der Waals surface area contributed by atoms with Crippen LogP contribution in [0.25, 0.3) is 34.4 Å². The van der Waals surface area contributed by atoms with Crippen molar-refractivity contribution in [3.8, 4) is 22.3 Å². The zero-order chi connectivity index (χ0) is 39.7. The van der Waals surface area contributed by atoms with Crippen molar-refractivity contribution in [2.24, 2.45) is 5.92 Å². The molecule has 0 aromatic heterocycles. The fourth-order valence-electron chi connectivity index (χ4n) is 9.53. The fraction of sp³-hybridized carbons (Fsp3) is 0.333. The molecule has 0 nitrogen and oxygen atoms in total. The maximum atomic E-state index is 8.96. The third-order valence-electron chi connectivity index (χ3n) is 12.8. The van der Waals surface area contributed by atoms with Gasteiger partial charge in [-0.1, -0.05) is 0 Å². The summed E-state index contributed by atoms with van der Waals surface area (Å²) in [5.41, 5.74) is 18.7. The zero-order valence-corrected chi connectivity index (χ0v) is 39.9. The van der Waals surface area contributed by atoms with Gasteiger partial charge >= 0.3 is 344 Å². The summed E-state index contributed by atoms with van der Waals surface area (Å²) < 4.78 is 0.0396. The summed E-state index contributed by atoms with van der Waals surface area (Å²) in [7, 11) is 17.9. The molecule has 7 rings (SSSR count). The Bertz CT molecular complexity index is 2300. The summed E-state index contributed by atoms with van der Waals surface area (Å²) in [6.07, 6.45) is 5.86. The molecule has 0 aliphatic heterocycles. The molecule has 0 fully saturated rings. The van der Waals surface area contributed by atoms with E-state index in [4.69, 9.17) is 17.0 Å². The van der Waals surface area contributed by atoms with Gasteiger partial charge in [-0.05, 0) is 0 Å². The van der Waals surface area contributed by atoms with Crippen molar-refractivity contribution in [2.45, 2.75) is 99.9 Å². The molecule has 2 aliphatic carbocycles. The van der Waals surface area contributed by atoms with E-state index in [1.54, 1.807) is 0 Å². The summed E-state index contributed by atoms with van der Waals surface area (Å²) in [6, 6.07) is 41.0. The average molecular weight is 862 g/mol. The first-order valence-electron chi connectivity index (χ1n) is 20.3.